The van der Waals surface area contributed by atoms with E-state index in [2.05, 4.69) is 20.7 Å². The first-order chi connectivity index (χ1) is 9.04. The van der Waals surface area contributed by atoms with Crippen molar-refractivity contribution in [2.45, 2.75) is 31.3 Å². The van der Waals surface area contributed by atoms with Gasteiger partial charge in [0.05, 0.1) is 5.60 Å². The zero-order chi connectivity index (χ0) is 13.9. The van der Waals surface area contributed by atoms with Crippen LogP contribution in [-0.2, 0) is 0 Å². The lowest BCUT2D eigenvalue weighted by molar-refractivity contribution is 0.0996. The molecular formula is C12H21N5OS. The zero-order valence-corrected chi connectivity index (χ0v) is 12.1. The Morgan fingerprint density at radius 3 is 2.74 bits per heavy atom. The van der Waals surface area contributed by atoms with Crippen molar-refractivity contribution in [2.75, 3.05) is 29.3 Å². The van der Waals surface area contributed by atoms with Crippen molar-refractivity contribution >= 4 is 23.4 Å². The topological polar surface area (TPSA) is 96.1 Å². The van der Waals surface area contributed by atoms with Gasteiger partial charge in [0.1, 0.15) is 17.5 Å². The first-order valence-electron chi connectivity index (χ1n) is 6.35. The number of nitrogen functional groups attached to an aromatic ring is 1. The van der Waals surface area contributed by atoms with Gasteiger partial charge in [0.2, 0.25) is 0 Å². The summed E-state index contributed by atoms with van der Waals surface area (Å²) in [6.07, 6.45) is 4.25. The van der Waals surface area contributed by atoms with E-state index in [-0.39, 0.29) is 0 Å². The second kappa shape index (κ2) is 5.94. The van der Waals surface area contributed by atoms with Crippen molar-refractivity contribution in [1.82, 2.24) is 9.97 Å². The molecule has 0 spiro atoms. The number of nitrogens with two attached hydrogens (primary N) is 1. The van der Waals surface area contributed by atoms with Crippen molar-refractivity contribution in [3.05, 3.63) is 11.9 Å². The van der Waals surface area contributed by atoms with E-state index in [4.69, 9.17) is 5.84 Å². The van der Waals surface area contributed by atoms with Crippen molar-refractivity contribution in [1.29, 1.82) is 0 Å². The van der Waals surface area contributed by atoms with Gasteiger partial charge in [-0.15, -0.1) is 0 Å². The minimum atomic E-state index is -0.763. The average molecular weight is 283 g/mol. The van der Waals surface area contributed by atoms with Gasteiger partial charge >= 0.3 is 0 Å². The molecule has 0 aliphatic heterocycles. The molecular weight excluding hydrogens is 262 g/mol. The summed E-state index contributed by atoms with van der Waals surface area (Å²) in [4.78, 5) is 8.81. The number of hydrogen-bond donors (Lipinski definition) is 4. The Balaban J connectivity index is 2.04. The van der Waals surface area contributed by atoms with Crippen LogP contribution >= 0.6 is 11.8 Å². The van der Waals surface area contributed by atoms with E-state index in [0.717, 1.165) is 18.7 Å². The van der Waals surface area contributed by atoms with E-state index in [0.29, 0.717) is 29.9 Å². The molecule has 1 fully saturated rings. The van der Waals surface area contributed by atoms with Gasteiger partial charge in [0.15, 0.2) is 0 Å². The smallest absolute Gasteiger partial charge is 0.145 e. The van der Waals surface area contributed by atoms with Gasteiger partial charge < -0.3 is 15.8 Å². The second-order valence-electron chi connectivity index (χ2n) is 5.20. The summed E-state index contributed by atoms with van der Waals surface area (Å²) in [6.45, 7) is 2.25. The Morgan fingerprint density at radius 2 is 2.16 bits per heavy atom. The van der Waals surface area contributed by atoms with Crippen molar-refractivity contribution in [3.63, 3.8) is 0 Å². The lowest BCUT2D eigenvalue weighted by Gasteiger charge is -2.23. The Bertz CT molecular complexity index is 436. The van der Waals surface area contributed by atoms with Gasteiger partial charge in [0.25, 0.3) is 0 Å². The van der Waals surface area contributed by atoms with Gasteiger partial charge in [-0.05, 0) is 26.0 Å². The minimum Gasteiger partial charge on any atom is -0.387 e. The van der Waals surface area contributed by atoms with Crippen LogP contribution in [0.5, 0.6) is 0 Å². The maximum atomic E-state index is 10.1. The van der Waals surface area contributed by atoms with Crippen LogP contribution < -0.4 is 16.6 Å². The summed E-state index contributed by atoms with van der Waals surface area (Å²) in [5.41, 5.74) is 1.79. The molecule has 5 N–H and O–H groups in total. The third-order valence-electron chi connectivity index (χ3n) is 2.94. The summed E-state index contributed by atoms with van der Waals surface area (Å²) >= 11 is 1.61. The van der Waals surface area contributed by atoms with Crippen LogP contribution in [0.25, 0.3) is 0 Å². The number of thioether (sulfide) groups is 1. The predicted octanol–water partition coefficient (Wildman–Crippen LogP) is 1.17. The highest BCUT2D eigenvalue weighted by atomic mass is 32.2. The van der Waals surface area contributed by atoms with Gasteiger partial charge in [0, 0.05) is 24.3 Å². The van der Waals surface area contributed by atoms with Gasteiger partial charge in [-0.1, -0.05) is 0 Å². The molecule has 1 unspecified atom stereocenters. The van der Waals surface area contributed by atoms with Crippen LogP contribution in [0, 0.1) is 0 Å². The summed E-state index contributed by atoms with van der Waals surface area (Å²) in [5.74, 6) is 8.67. The molecule has 0 bridgehead atoms. The van der Waals surface area contributed by atoms with Crippen molar-refractivity contribution < 1.29 is 5.11 Å². The molecule has 1 aromatic heterocycles. The molecule has 19 heavy (non-hydrogen) atoms. The van der Waals surface area contributed by atoms with E-state index < -0.39 is 5.60 Å². The average Bonchev–Trinajstić information content (AvgIpc) is 3.20. The van der Waals surface area contributed by atoms with Crippen LogP contribution in [0.15, 0.2) is 6.07 Å². The highest BCUT2D eigenvalue weighted by Gasteiger charge is 2.27. The summed E-state index contributed by atoms with van der Waals surface area (Å²) in [7, 11) is 0. The van der Waals surface area contributed by atoms with Gasteiger partial charge in [-0.2, -0.15) is 11.8 Å². The Kier molecular flexibility index (Phi) is 4.49. The van der Waals surface area contributed by atoms with Crippen LogP contribution in [0.4, 0.5) is 11.6 Å². The molecule has 0 aromatic carbocycles. The number of aliphatic hydroxyl groups is 1. The number of nitrogens with one attached hydrogen (secondary N) is 2. The molecule has 6 nitrogen and oxygen atoms in total. The van der Waals surface area contributed by atoms with E-state index in [1.807, 2.05) is 13.2 Å². The molecule has 1 heterocycles. The molecule has 1 atom stereocenters. The fourth-order valence-electron chi connectivity index (χ4n) is 1.80. The molecule has 0 amide bonds. The Labute approximate surface area is 117 Å². The predicted molar refractivity (Wildman–Crippen MR) is 79.3 cm³/mol. The van der Waals surface area contributed by atoms with Crippen LogP contribution in [0.2, 0.25) is 0 Å². The van der Waals surface area contributed by atoms with Crippen LogP contribution in [0.1, 0.15) is 31.5 Å². The van der Waals surface area contributed by atoms with Crippen LogP contribution in [-0.4, -0.2) is 39.2 Å². The number of aromatic nitrogens is 2. The summed E-state index contributed by atoms with van der Waals surface area (Å²) < 4.78 is 0. The maximum absolute atomic E-state index is 10.1. The molecule has 0 saturated heterocycles. The molecule has 1 aliphatic carbocycles. The summed E-state index contributed by atoms with van der Waals surface area (Å²) in [6, 6.07) is 1.75. The fourth-order valence-corrected chi connectivity index (χ4v) is 2.52. The zero-order valence-electron chi connectivity index (χ0n) is 11.3. The molecule has 7 heteroatoms. The highest BCUT2D eigenvalue weighted by molar-refractivity contribution is 7.98. The first-order valence-corrected chi connectivity index (χ1v) is 7.74. The first kappa shape index (κ1) is 14.4. The second-order valence-corrected chi connectivity index (χ2v) is 6.06. The number of nitrogens with zero attached hydrogens (tertiary/aromatic N) is 2. The minimum absolute atomic E-state index is 0.443. The Morgan fingerprint density at radius 1 is 1.47 bits per heavy atom. The summed E-state index contributed by atoms with van der Waals surface area (Å²) in [5, 5.41) is 13.3. The molecule has 1 saturated carbocycles. The SMILES string of the molecule is CSCC(C)(O)CNc1cc(NN)nc(C2CC2)n1. The van der Waals surface area contributed by atoms with E-state index in [1.165, 1.54) is 0 Å². The molecule has 1 aliphatic rings. The van der Waals surface area contributed by atoms with Gasteiger partial charge in [-0.3, -0.25) is 0 Å². The van der Waals surface area contributed by atoms with Gasteiger partial charge in [-0.25, -0.2) is 15.8 Å². The molecule has 2 rings (SSSR count). The molecule has 106 valence electrons. The number of hydrogen-bond acceptors (Lipinski definition) is 7. The van der Waals surface area contributed by atoms with E-state index in [9.17, 15) is 5.11 Å². The largest absolute Gasteiger partial charge is 0.387 e. The monoisotopic (exact) mass is 283 g/mol. The lowest BCUT2D eigenvalue weighted by atomic mass is 10.1. The standard InChI is InChI=1S/C12H21N5OS/c1-12(18,7-19-2)6-14-9-5-10(17-13)16-11(15-9)8-3-4-8/h5,8,18H,3-4,6-7,13H2,1-2H3,(H2,14,15,16,17). The molecule has 1 aromatic rings. The van der Waals surface area contributed by atoms with Crippen molar-refractivity contribution in [2.24, 2.45) is 5.84 Å². The third-order valence-corrected chi connectivity index (χ3v) is 3.85. The Hall–Kier alpha value is -1.05. The third kappa shape index (κ3) is 4.22. The lowest BCUT2D eigenvalue weighted by Crippen LogP contribution is -2.36. The van der Waals surface area contributed by atoms with Crippen LogP contribution in [0.3, 0.4) is 0 Å². The van der Waals surface area contributed by atoms with Crippen molar-refractivity contribution in [3.8, 4) is 0 Å². The van der Waals surface area contributed by atoms with E-state index >= 15 is 0 Å². The number of anilines is 2. The number of hydrazine groups is 1. The fraction of sp³-hybridized carbons (Fsp3) is 0.667. The quantitative estimate of drug-likeness (QED) is 0.440. The maximum Gasteiger partial charge on any atom is 0.145 e. The number of rotatable bonds is 7. The van der Waals surface area contributed by atoms with E-state index in [1.54, 1.807) is 17.8 Å². The molecule has 0 radical (unpaired) electrons. The highest BCUT2D eigenvalue weighted by Crippen LogP contribution is 2.38. The normalized spacial score (nSPS) is 17.9.